The monoisotopic (exact) mass is 415 g/mol. The Morgan fingerprint density at radius 1 is 1.00 bits per heavy atom. The zero-order valence-electron chi connectivity index (χ0n) is 17.2. The van der Waals surface area contributed by atoms with Crippen LogP contribution >= 0.6 is 0 Å². The predicted molar refractivity (Wildman–Crippen MR) is 119 cm³/mol. The zero-order valence-corrected chi connectivity index (χ0v) is 17.2. The summed E-state index contributed by atoms with van der Waals surface area (Å²) in [5.74, 6) is 0.895. The summed E-state index contributed by atoms with van der Waals surface area (Å²) in [4.78, 5) is 31.4. The fraction of sp³-hybridized carbons (Fsp3) is 0.240. The molecular weight excluding hydrogens is 390 g/mol. The Kier molecular flexibility index (Phi) is 6.57. The molecule has 0 bridgehead atoms. The summed E-state index contributed by atoms with van der Waals surface area (Å²) in [5, 5.41) is 2.95. The Bertz CT molecular complexity index is 1020. The van der Waals surface area contributed by atoms with Crippen LogP contribution in [0.1, 0.15) is 30.1 Å². The summed E-state index contributed by atoms with van der Waals surface area (Å²) >= 11 is 0. The van der Waals surface area contributed by atoms with Gasteiger partial charge in [-0.3, -0.25) is 14.5 Å². The highest BCUT2D eigenvalue weighted by molar-refractivity contribution is 5.99. The molecule has 2 heterocycles. The molecule has 0 saturated carbocycles. The standard InChI is InChI=1S/C25H25N3O3/c29-22(26-17-15-19-9-3-1-4-10-19)14-8-18-28-24-21(13-7-16-27-24)31-23(25(28)30)20-11-5-2-6-12-20/h1-7,9-13,16,23H,8,14-15,17-18H2,(H,26,29)/t23-/m1/s1. The van der Waals surface area contributed by atoms with Crippen molar-refractivity contribution in [1.82, 2.24) is 10.3 Å². The summed E-state index contributed by atoms with van der Waals surface area (Å²) < 4.78 is 5.95. The van der Waals surface area contributed by atoms with Crippen LogP contribution in [0, 0.1) is 0 Å². The lowest BCUT2D eigenvalue weighted by Crippen LogP contribution is -2.42. The van der Waals surface area contributed by atoms with E-state index >= 15 is 0 Å². The molecule has 6 heteroatoms. The van der Waals surface area contributed by atoms with Crippen LogP contribution in [0.5, 0.6) is 5.75 Å². The van der Waals surface area contributed by atoms with E-state index in [0.717, 1.165) is 12.0 Å². The molecule has 0 spiro atoms. The van der Waals surface area contributed by atoms with Crippen LogP contribution in [0.25, 0.3) is 0 Å². The molecule has 158 valence electrons. The van der Waals surface area contributed by atoms with Gasteiger partial charge in [-0.05, 0) is 30.5 Å². The minimum atomic E-state index is -0.711. The molecule has 0 unspecified atom stereocenters. The molecule has 2 amide bonds. The van der Waals surface area contributed by atoms with E-state index in [1.165, 1.54) is 5.56 Å². The highest BCUT2D eigenvalue weighted by Gasteiger charge is 2.36. The second-order valence-corrected chi connectivity index (χ2v) is 7.41. The van der Waals surface area contributed by atoms with E-state index in [1.54, 1.807) is 17.2 Å². The van der Waals surface area contributed by atoms with Crippen molar-refractivity contribution in [3.05, 3.63) is 90.1 Å². The number of amides is 2. The largest absolute Gasteiger partial charge is 0.472 e. The van der Waals surface area contributed by atoms with Gasteiger partial charge in [-0.15, -0.1) is 0 Å². The van der Waals surface area contributed by atoms with E-state index in [2.05, 4.69) is 10.3 Å². The fourth-order valence-corrected chi connectivity index (χ4v) is 3.63. The molecule has 1 aromatic heterocycles. The van der Waals surface area contributed by atoms with Crippen LogP contribution in [-0.2, 0) is 16.0 Å². The van der Waals surface area contributed by atoms with Gasteiger partial charge in [0.25, 0.3) is 5.91 Å². The highest BCUT2D eigenvalue weighted by atomic mass is 16.5. The van der Waals surface area contributed by atoms with Gasteiger partial charge < -0.3 is 10.1 Å². The van der Waals surface area contributed by atoms with Crippen molar-refractivity contribution < 1.29 is 14.3 Å². The van der Waals surface area contributed by atoms with Gasteiger partial charge in [-0.25, -0.2) is 4.98 Å². The van der Waals surface area contributed by atoms with E-state index in [4.69, 9.17) is 4.74 Å². The molecule has 0 aliphatic carbocycles. The van der Waals surface area contributed by atoms with Gasteiger partial charge in [0.2, 0.25) is 12.0 Å². The number of pyridine rings is 1. The van der Waals surface area contributed by atoms with Crippen molar-refractivity contribution >= 4 is 17.6 Å². The van der Waals surface area contributed by atoms with Crippen LogP contribution in [0.15, 0.2) is 79.0 Å². The van der Waals surface area contributed by atoms with Crippen molar-refractivity contribution in [3.63, 3.8) is 0 Å². The lowest BCUT2D eigenvalue weighted by molar-refractivity contribution is -0.127. The first-order chi connectivity index (χ1) is 15.2. The molecule has 0 saturated heterocycles. The summed E-state index contributed by atoms with van der Waals surface area (Å²) in [6.07, 6.45) is 2.61. The Morgan fingerprint density at radius 3 is 2.52 bits per heavy atom. The number of fused-ring (bicyclic) bond motifs is 1. The highest BCUT2D eigenvalue weighted by Crippen LogP contribution is 2.37. The Morgan fingerprint density at radius 2 is 1.74 bits per heavy atom. The average Bonchev–Trinajstić information content (AvgIpc) is 2.81. The predicted octanol–water partition coefficient (Wildman–Crippen LogP) is 3.69. The number of carbonyl (C=O) groups excluding carboxylic acids is 2. The van der Waals surface area contributed by atoms with Crippen molar-refractivity contribution in [1.29, 1.82) is 0 Å². The lowest BCUT2D eigenvalue weighted by atomic mass is 10.1. The van der Waals surface area contributed by atoms with E-state index in [9.17, 15) is 9.59 Å². The van der Waals surface area contributed by atoms with Gasteiger partial charge >= 0.3 is 0 Å². The van der Waals surface area contributed by atoms with Gasteiger partial charge in [0, 0.05) is 31.3 Å². The maximum absolute atomic E-state index is 13.2. The topological polar surface area (TPSA) is 71.5 Å². The number of nitrogens with one attached hydrogen (secondary N) is 1. The number of hydrogen-bond acceptors (Lipinski definition) is 4. The number of carbonyl (C=O) groups is 2. The van der Waals surface area contributed by atoms with Crippen molar-refractivity contribution in [2.75, 3.05) is 18.0 Å². The van der Waals surface area contributed by atoms with Crippen molar-refractivity contribution in [3.8, 4) is 5.75 Å². The average molecular weight is 415 g/mol. The second-order valence-electron chi connectivity index (χ2n) is 7.41. The first-order valence-electron chi connectivity index (χ1n) is 10.5. The van der Waals surface area contributed by atoms with Crippen molar-refractivity contribution in [2.24, 2.45) is 0 Å². The van der Waals surface area contributed by atoms with Crippen LogP contribution in [-0.4, -0.2) is 29.9 Å². The molecule has 1 aliphatic heterocycles. The van der Waals surface area contributed by atoms with Gasteiger partial charge in [0.1, 0.15) is 0 Å². The Labute approximate surface area is 181 Å². The third kappa shape index (κ3) is 5.09. The minimum absolute atomic E-state index is 0.0162. The quantitative estimate of drug-likeness (QED) is 0.609. The fourth-order valence-electron chi connectivity index (χ4n) is 3.63. The normalized spacial score (nSPS) is 15.2. The summed E-state index contributed by atoms with van der Waals surface area (Å²) in [6, 6.07) is 23.1. The molecule has 1 atom stereocenters. The molecule has 6 nitrogen and oxygen atoms in total. The number of hydrogen-bond donors (Lipinski definition) is 1. The molecule has 0 radical (unpaired) electrons. The molecule has 31 heavy (non-hydrogen) atoms. The van der Waals surface area contributed by atoms with Gasteiger partial charge in [-0.1, -0.05) is 60.7 Å². The van der Waals surface area contributed by atoms with Gasteiger partial charge in [-0.2, -0.15) is 0 Å². The summed E-state index contributed by atoms with van der Waals surface area (Å²) in [6.45, 7) is 1.00. The molecule has 0 fully saturated rings. The summed E-state index contributed by atoms with van der Waals surface area (Å²) in [7, 11) is 0. The number of aromatic nitrogens is 1. The molecule has 1 aliphatic rings. The SMILES string of the molecule is O=C(CCCN1C(=O)[C@@H](c2ccccc2)Oc2cccnc21)NCCc1ccccc1. The Balaban J connectivity index is 1.34. The number of nitrogens with zero attached hydrogens (tertiary/aromatic N) is 2. The first kappa shape index (κ1) is 20.6. The molecule has 2 aromatic carbocycles. The number of benzene rings is 2. The number of rotatable bonds is 8. The van der Waals surface area contributed by atoms with Gasteiger partial charge in [0.05, 0.1) is 0 Å². The minimum Gasteiger partial charge on any atom is -0.472 e. The molecule has 1 N–H and O–H groups in total. The molecule has 3 aromatic rings. The van der Waals surface area contributed by atoms with E-state index < -0.39 is 6.10 Å². The lowest BCUT2D eigenvalue weighted by Gasteiger charge is -2.33. The van der Waals surface area contributed by atoms with Crippen LogP contribution < -0.4 is 15.0 Å². The number of ether oxygens (including phenoxy) is 1. The maximum atomic E-state index is 13.2. The second kappa shape index (κ2) is 9.89. The third-order valence-corrected chi connectivity index (χ3v) is 5.21. The smallest absolute Gasteiger partial charge is 0.274 e. The van der Waals surface area contributed by atoms with Crippen molar-refractivity contribution in [2.45, 2.75) is 25.4 Å². The zero-order chi connectivity index (χ0) is 21.5. The molecule has 4 rings (SSSR count). The van der Waals surface area contributed by atoms with Gasteiger partial charge in [0.15, 0.2) is 11.6 Å². The number of anilines is 1. The van der Waals surface area contributed by atoms with E-state index in [1.807, 2.05) is 66.7 Å². The Hall–Kier alpha value is -3.67. The third-order valence-electron chi connectivity index (χ3n) is 5.21. The van der Waals surface area contributed by atoms with Crippen LogP contribution in [0.2, 0.25) is 0 Å². The maximum Gasteiger partial charge on any atom is 0.274 e. The van der Waals surface area contributed by atoms with E-state index in [-0.39, 0.29) is 11.8 Å². The van der Waals surface area contributed by atoms with E-state index in [0.29, 0.717) is 37.5 Å². The molecular formula is C25H25N3O3. The van der Waals surface area contributed by atoms with Crippen LogP contribution in [0.4, 0.5) is 5.82 Å². The van der Waals surface area contributed by atoms with Crippen LogP contribution in [0.3, 0.4) is 0 Å². The first-order valence-corrected chi connectivity index (χ1v) is 10.5. The summed E-state index contributed by atoms with van der Waals surface area (Å²) in [5.41, 5.74) is 1.99.